The summed E-state index contributed by atoms with van der Waals surface area (Å²) in [7, 11) is 7.67. The van der Waals surface area contributed by atoms with E-state index in [-0.39, 0.29) is 13.0 Å². The molecular formula is C19H41NO8. The van der Waals surface area contributed by atoms with Crippen LogP contribution in [0.5, 0.6) is 0 Å². The van der Waals surface area contributed by atoms with Crippen molar-refractivity contribution in [3.8, 4) is 0 Å². The maximum atomic E-state index is 9.93. The predicted octanol–water partition coefficient (Wildman–Crippen LogP) is -0.432. The lowest BCUT2D eigenvalue weighted by atomic mass is 10.4. The summed E-state index contributed by atoms with van der Waals surface area (Å²) in [5, 5.41) is 9.93. The van der Waals surface area contributed by atoms with Crippen LogP contribution in [0, 0.1) is 0 Å². The molecule has 0 spiro atoms. The molecule has 170 valence electrons. The molecule has 0 saturated carbocycles. The van der Waals surface area contributed by atoms with Crippen LogP contribution in [-0.2, 0) is 33.2 Å². The number of quaternary nitrogens is 1. The summed E-state index contributed by atoms with van der Waals surface area (Å²) in [4.78, 5) is 9.93. The van der Waals surface area contributed by atoms with Gasteiger partial charge >= 0.3 is 0 Å². The highest BCUT2D eigenvalue weighted by Gasteiger charge is 2.13. The Hall–Kier alpha value is -0.810. The van der Waals surface area contributed by atoms with E-state index < -0.39 is 5.97 Å². The van der Waals surface area contributed by atoms with Crippen LogP contribution in [0.1, 0.15) is 13.3 Å². The highest BCUT2D eigenvalue weighted by Crippen LogP contribution is 1.96. The molecule has 0 fully saturated rings. The van der Waals surface area contributed by atoms with Gasteiger partial charge in [0.2, 0.25) is 0 Å². The van der Waals surface area contributed by atoms with Gasteiger partial charge < -0.3 is 42.8 Å². The summed E-state index contributed by atoms with van der Waals surface area (Å²) in [5.41, 5.74) is 0. The van der Waals surface area contributed by atoms with Crippen molar-refractivity contribution >= 4 is 5.97 Å². The van der Waals surface area contributed by atoms with Crippen molar-refractivity contribution in [1.29, 1.82) is 0 Å². The highest BCUT2D eigenvalue weighted by molar-refractivity contribution is 5.64. The van der Waals surface area contributed by atoms with Crippen molar-refractivity contribution in [3.63, 3.8) is 0 Å². The molecular weight excluding hydrogens is 370 g/mol. The smallest absolute Gasteiger partial charge is 0.102 e. The number of rotatable bonds is 19. The number of hydrogen-bond acceptors (Lipinski definition) is 8. The molecule has 0 aromatic rings. The van der Waals surface area contributed by atoms with E-state index in [1.165, 1.54) is 0 Å². The first-order valence-electron chi connectivity index (χ1n) is 9.70. The normalized spacial score (nSPS) is 11.2. The predicted molar refractivity (Wildman–Crippen MR) is 104 cm³/mol. The molecule has 28 heavy (non-hydrogen) atoms. The van der Waals surface area contributed by atoms with Crippen LogP contribution < -0.4 is 5.11 Å². The molecule has 0 atom stereocenters. The Bertz CT molecular complexity index is 329. The Morgan fingerprint density at radius 1 is 0.714 bits per heavy atom. The van der Waals surface area contributed by atoms with E-state index in [1.54, 1.807) is 14.2 Å². The molecule has 0 aliphatic heterocycles. The molecule has 0 aliphatic carbocycles. The van der Waals surface area contributed by atoms with Gasteiger partial charge in [-0.1, -0.05) is 0 Å². The third kappa shape index (κ3) is 27.4. The molecule has 0 amide bonds. The molecule has 0 saturated heterocycles. The van der Waals surface area contributed by atoms with Gasteiger partial charge in [-0.25, -0.2) is 0 Å². The zero-order valence-corrected chi connectivity index (χ0v) is 18.4. The van der Waals surface area contributed by atoms with Crippen molar-refractivity contribution < 1.29 is 42.8 Å². The minimum atomic E-state index is -1.10. The number of likely N-dealkylation sites (N-methyl/N-ethyl adjacent to an activating group) is 1. The molecule has 0 rings (SSSR count). The third-order valence-electron chi connectivity index (χ3n) is 3.57. The van der Waals surface area contributed by atoms with Gasteiger partial charge in [-0.3, -0.25) is 0 Å². The number of hydrogen-bond donors (Lipinski definition) is 0. The second-order valence-electron chi connectivity index (χ2n) is 6.52. The van der Waals surface area contributed by atoms with E-state index in [9.17, 15) is 9.90 Å². The Kier molecular flexibility index (Phi) is 23.6. The lowest BCUT2D eigenvalue weighted by Crippen LogP contribution is -2.44. The van der Waals surface area contributed by atoms with E-state index in [2.05, 4.69) is 14.1 Å². The fourth-order valence-electron chi connectivity index (χ4n) is 1.74. The number of methoxy groups -OCH3 is 2. The number of carbonyl (C=O) groups is 1. The van der Waals surface area contributed by atoms with Crippen LogP contribution in [-0.4, -0.2) is 118 Å². The van der Waals surface area contributed by atoms with Gasteiger partial charge in [0, 0.05) is 33.2 Å². The van der Waals surface area contributed by atoms with Crippen LogP contribution in [0.4, 0.5) is 0 Å². The monoisotopic (exact) mass is 411 g/mol. The second-order valence-corrected chi connectivity index (χ2v) is 6.52. The van der Waals surface area contributed by atoms with Crippen molar-refractivity contribution in [1.82, 2.24) is 0 Å². The molecule has 0 N–H and O–H groups in total. The number of ether oxygens (including phenoxy) is 6. The van der Waals surface area contributed by atoms with Gasteiger partial charge in [0.05, 0.1) is 73.6 Å². The van der Waals surface area contributed by atoms with Crippen molar-refractivity contribution in [2.75, 3.05) is 107 Å². The zero-order valence-electron chi connectivity index (χ0n) is 18.4. The molecule has 0 unspecified atom stereocenters. The van der Waals surface area contributed by atoms with Gasteiger partial charge in [0.1, 0.15) is 13.1 Å². The quantitative estimate of drug-likeness (QED) is 0.209. The zero-order chi connectivity index (χ0) is 21.5. The van der Waals surface area contributed by atoms with Crippen molar-refractivity contribution in [2.45, 2.75) is 13.3 Å². The summed E-state index contributed by atoms with van der Waals surface area (Å²) in [6, 6.07) is 0. The number of aliphatic carboxylic acids is 1. The third-order valence-corrected chi connectivity index (χ3v) is 3.57. The van der Waals surface area contributed by atoms with Crippen LogP contribution in [0.2, 0.25) is 0 Å². The fraction of sp³-hybridized carbons (Fsp3) is 0.947. The average Bonchev–Trinajstić information content (AvgIpc) is 2.64. The van der Waals surface area contributed by atoms with E-state index >= 15 is 0 Å². The topological polar surface area (TPSA) is 95.5 Å². The summed E-state index contributed by atoms with van der Waals surface area (Å²) in [6.07, 6.45) is -0.0714. The average molecular weight is 412 g/mol. The summed E-state index contributed by atoms with van der Waals surface area (Å²) < 4.78 is 31.4. The van der Waals surface area contributed by atoms with Gasteiger partial charge in [0.15, 0.2) is 0 Å². The molecule has 9 nitrogen and oxygen atoms in total. The number of nitrogens with zero attached hydrogens (tertiary/aromatic N) is 1. The first kappa shape index (κ1) is 29.4. The minimum Gasteiger partial charge on any atom is -0.550 e. The molecule has 0 aliphatic rings. The minimum absolute atomic E-state index is 0.0714. The highest BCUT2D eigenvalue weighted by atomic mass is 16.5. The largest absolute Gasteiger partial charge is 0.550 e. The summed E-state index contributed by atoms with van der Waals surface area (Å²) in [6.45, 7) is 9.93. The number of carboxylic acids is 1. The van der Waals surface area contributed by atoms with Gasteiger partial charge in [-0.05, 0) is 6.92 Å². The second kappa shape index (κ2) is 22.5. The lowest BCUT2D eigenvalue weighted by Gasteiger charge is -2.29. The molecule has 0 aromatic heterocycles. The lowest BCUT2D eigenvalue weighted by molar-refractivity contribution is -0.891. The fourth-order valence-corrected chi connectivity index (χ4v) is 1.74. The number of carboxylic acid groups (broad SMARTS) is 1. The van der Waals surface area contributed by atoms with Gasteiger partial charge in [0.25, 0.3) is 0 Å². The molecule has 0 bridgehead atoms. The van der Waals surface area contributed by atoms with E-state index in [4.69, 9.17) is 28.4 Å². The Balaban J connectivity index is 0. The van der Waals surface area contributed by atoms with Crippen LogP contribution in [0.3, 0.4) is 0 Å². The first-order chi connectivity index (χ1) is 13.4. The number of carbonyl (C=O) groups excluding carboxylic acids is 1. The van der Waals surface area contributed by atoms with Crippen LogP contribution in [0.25, 0.3) is 0 Å². The standard InChI is InChI=1S/C11H26NO3.C8H16O5/c1-5-14-8-6-12(2,3)7-9-15-11-10-13-4;1-11-4-5-13-7-6-12-3-2-8(9)10/h5-11H2,1-4H3;2-7H2,1H3,(H,9,10)/q+1;/p-1. The maximum absolute atomic E-state index is 9.93. The SMILES string of the molecule is CCOCC[N+](C)(C)CCOCCOC.COCCOCCOCCC(=O)[O-]. The van der Waals surface area contributed by atoms with E-state index in [0.29, 0.717) is 39.6 Å². The maximum Gasteiger partial charge on any atom is 0.102 e. The molecule has 9 heteroatoms. The van der Waals surface area contributed by atoms with Gasteiger partial charge in [-0.2, -0.15) is 0 Å². The summed E-state index contributed by atoms with van der Waals surface area (Å²) in [5.74, 6) is -1.10. The van der Waals surface area contributed by atoms with Crippen molar-refractivity contribution in [2.24, 2.45) is 0 Å². The molecule has 0 radical (unpaired) electrons. The molecule has 0 heterocycles. The molecule has 0 aromatic carbocycles. The van der Waals surface area contributed by atoms with E-state index in [0.717, 1.165) is 37.4 Å². The van der Waals surface area contributed by atoms with Crippen molar-refractivity contribution in [3.05, 3.63) is 0 Å². The summed E-state index contributed by atoms with van der Waals surface area (Å²) >= 11 is 0. The van der Waals surface area contributed by atoms with Crippen LogP contribution >= 0.6 is 0 Å². The first-order valence-corrected chi connectivity index (χ1v) is 9.70. The van der Waals surface area contributed by atoms with Gasteiger partial charge in [-0.15, -0.1) is 0 Å². The van der Waals surface area contributed by atoms with Crippen LogP contribution in [0.15, 0.2) is 0 Å². The van der Waals surface area contributed by atoms with E-state index in [1.807, 2.05) is 6.92 Å². The Morgan fingerprint density at radius 3 is 1.61 bits per heavy atom. The Labute approximate surface area is 170 Å². The Morgan fingerprint density at radius 2 is 1.14 bits per heavy atom.